The van der Waals surface area contributed by atoms with Crippen molar-refractivity contribution in [1.29, 1.82) is 0 Å². The molecule has 3 aromatic rings. The minimum atomic E-state index is -0.592. The van der Waals surface area contributed by atoms with Gasteiger partial charge in [0.2, 0.25) is 0 Å². The number of esters is 1. The largest absolute Gasteiger partial charge is 0.469 e. The molecule has 0 saturated carbocycles. The molecule has 5 heteroatoms. The summed E-state index contributed by atoms with van der Waals surface area (Å²) in [5.41, 5.74) is 5.21. The molecule has 0 aliphatic carbocycles. The number of carbonyl (C=O) groups is 1. The van der Waals surface area contributed by atoms with Crippen LogP contribution in [0.4, 0.5) is 0 Å². The first-order valence-electron chi connectivity index (χ1n) is 10.4. The number of ether oxygens (including phenoxy) is 1. The molecule has 0 radical (unpaired) electrons. The Labute approximate surface area is 188 Å². The summed E-state index contributed by atoms with van der Waals surface area (Å²) in [6, 6.07) is 24.0. The third kappa shape index (κ3) is 6.93. The zero-order chi connectivity index (χ0) is 22.2. The zero-order valence-corrected chi connectivity index (χ0v) is 18.6. The van der Waals surface area contributed by atoms with Crippen molar-refractivity contribution in [3.8, 4) is 11.1 Å². The van der Waals surface area contributed by atoms with Crippen molar-refractivity contribution in [3.63, 3.8) is 0 Å². The van der Waals surface area contributed by atoms with Crippen LogP contribution in [0.3, 0.4) is 0 Å². The molecule has 0 amide bonds. The molecular weight excluding hydrogens is 410 g/mol. The van der Waals surface area contributed by atoms with Crippen molar-refractivity contribution in [3.05, 3.63) is 94.5 Å². The van der Waals surface area contributed by atoms with E-state index in [-0.39, 0.29) is 18.4 Å². The summed E-state index contributed by atoms with van der Waals surface area (Å²) in [7, 11) is 1.40. The number of aliphatic hydroxyl groups is 1. The highest BCUT2D eigenvalue weighted by Gasteiger charge is 2.11. The summed E-state index contributed by atoms with van der Waals surface area (Å²) < 4.78 is 4.71. The predicted octanol–water partition coefficient (Wildman–Crippen LogP) is 4.98. The normalized spacial score (nSPS) is 12.9. The second-order valence-electron chi connectivity index (χ2n) is 7.73. The number of rotatable bonds is 9. The number of benzene rings is 3. The Morgan fingerprint density at radius 1 is 1.00 bits per heavy atom. The molecule has 2 N–H and O–H groups in total. The van der Waals surface area contributed by atoms with Crippen LogP contribution in [-0.4, -0.2) is 30.8 Å². The molecule has 4 nitrogen and oxygen atoms in total. The maximum absolute atomic E-state index is 11.4. The van der Waals surface area contributed by atoms with Gasteiger partial charge in [-0.25, -0.2) is 0 Å². The van der Waals surface area contributed by atoms with Crippen molar-refractivity contribution in [1.82, 2.24) is 5.32 Å². The van der Waals surface area contributed by atoms with Crippen LogP contribution in [0, 0.1) is 0 Å². The van der Waals surface area contributed by atoms with E-state index in [4.69, 9.17) is 16.3 Å². The number of hydrogen-bond acceptors (Lipinski definition) is 4. The van der Waals surface area contributed by atoms with Crippen LogP contribution in [0.2, 0.25) is 5.02 Å². The molecule has 31 heavy (non-hydrogen) atoms. The highest BCUT2D eigenvalue weighted by Crippen LogP contribution is 2.21. The number of halogens is 1. The van der Waals surface area contributed by atoms with Crippen LogP contribution in [0.15, 0.2) is 72.8 Å². The molecule has 3 rings (SSSR count). The Morgan fingerprint density at radius 3 is 2.19 bits per heavy atom. The molecule has 2 atom stereocenters. The smallest absolute Gasteiger partial charge is 0.309 e. The van der Waals surface area contributed by atoms with E-state index in [2.05, 4.69) is 36.5 Å². The van der Waals surface area contributed by atoms with Gasteiger partial charge in [0, 0.05) is 17.6 Å². The van der Waals surface area contributed by atoms with E-state index >= 15 is 0 Å². The van der Waals surface area contributed by atoms with E-state index in [1.807, 2.05) is 36.4 Å². The summed E-state index contributed by atoms with van der Waals surface area (Å²) >= 11 is 6.00. The standard InChI is InChI=1S/C26H28ClNO3/c1-18(28-17-25(29)23-4-3-5-24(27)16-23)14-19-6-10-21(11-7-19)22-12-8-20(9-13-22)15-26(30)31-2/h3-13,16,18,25,28-29H,14-15,17H2,1-2H3/t18-,25+/m1/s1. The molecule has 0 saturated heterocycles. The third-order valence-electron chi connectivity index (χ3n) is 5.25. The van der Waals surface area contributed by atoms with Crippen molar-refractivity contribution in [2.75, 3.05) is 13.7 Å². The molecule has 162 valence electrons. The fourth-order valence-electron chi connectivity index (χ4n) is 3.46. The topological polar surface area (TPSA) is 58.6 Å². The van der Waals surface area contributed by atoms with Crippen LogP contribution in [-0.2, 0) is 22.4 Å². The Bertz CT molecular complexity index is 986. The van der Waals surface area contributed by atoms with Crippen molar-refractivity contribution < 1.29 is 14.6 Å². The van der Waals surface area contributed by atoms with E-state index in [1.54, 1.807) is 12.1 Å². The molecule has 0 fully saturated rings. The lowest BCUT2D eigenvalue weighted by atomic mass is 9.99. The second kappa shape index (κ2) is 11.1. The van der Waals surface area contributed by atoms with Crippen molar-refractivity contribution in [2.45, 2.75) is 31.9 Å². The van der Waals surface area contributed by atoms with Gasteiger partial charge in [-0.15, -0.1) is 0 Å². The van der Waals surface area contributed by atoms with Gasteiger partial charge in [-0.3, -0.25) is 4.79 Å². The first-order chi connectivity index (χ1) is 14.9. The van der Waals surface area contributed by atoms with E-state index in [0.29, 0.717) is 11.6 Å². The lowest BCUT2D eigenvalue weighted by Crippen LogP contribution is -2.32. The molecular formula is C26H28ClNO3. The molecule has 0 bridgehead atoms. The summed E-state index contributed by atoms with van der Waals surface area (Å²) in [6.45, 7) is 2.58. The molecule has 3 aromatic carbocycles. The van der Waals surface area contributed by atoms with Gasteiger partial charge in [-0.2, -0.15) is 0 Å². The highest BCUT2D eigenvalue weighted by molar-refractivity contribution is 6.30. The SMILES string of the molecule is COC(=O)Cc1ccc(-c2ccc(C[C@@H](C)NC[C@H](O)c3cccc(Cl)c3)cc2)cc1. The summed E-state index contributed by atoms with van der Waals surface area (Å²) in [5.74, 6) is -0.236. The molecule has 0 spiro atoms. The van der Waals surface area contributed by atoms with Gasteiger partial charge in [0.05, 0.1) is 19.6 Å². The predicted molar refractivity (Wildman–Crippen MR) is 125 cm³/mol. The molecule has 0 aromatic heterocycles. The number of methoxy groups -OCH3 is 1. The van der Waals surface area contributed by atoms with E-state index in [1.165, 1.54) is 12.7 Å². The second-order valence-corrected chi connectivity index (χ2v) is 8.17. The van der Waals surface area contributed by atoms with Crippen LogP contribution < -0.4 is 5.32 Å². The van der Waals surface area contributed by atoms with Gasteiger partial charge in [-0.05, 0) is 53.3 Å². The van der Waals surface area contributed by atoms with E-state index in [9.17, 15) is 9.90 Å². The minimum Gasteiger partial charge on any atom is -0.469 e. The summed E-state index contributed by atoms with van der Waals surface area (Å²) in [6.07, 6.45) is 0.554. The first-order valence-corrected chi connectivity index (χ1v) is 10.7. The fraction of sp³-hybridized carbons (Fsp3) is 0.269. The monoisotopic (exact) mass is 437 g/mol. The fourth-order valence-corrected chi connectivity index (χ4v) is 3.66. The lowest BCUT2D eigenvalue weighted by molar-refractivity contribution is -0.139. The highest BCUT2D eigenvalue weighted by atomic mass is 35.5. The van der Waals surface area contributed by atoms with Gasteiger partial charge < -0.3 is 15.2 Å². The molecule has 0 unspecified atom stereocenters. The maximum Gasteiger partial charge on any atom is 0.309 e. The van der Waals surface area contributed by atoms with Gasteiger partial charge in [0.25, 0.3) is 0 Å². The molecule has 0 heterocycles. The third-order valence-corrected chi connectivity index (χ3v) is 5.49. The van der Waals surface area contributed by atoms with Crippen LogP contribution in [0.5, 0.6) is 0 Å². The van der Waals surface area contributed by atoms with Gasteiger partial charge in [-0.1, -0.05) is 72.3 Å². The summed E-state index contributed by atoms with van der Waals surface area (Å²) in [4.78, 5) is 11.4. The number of nitrogens with one attached hydrogen (secondary N) is 1. The van der Waals surface area contributed by atoms with Crippen molar-refractivity contribution in [2.24, 2.45) is 0 Å². The Hall–Kier alpha value is -2.66. The first kappa shape index (κ1) is 23.0. The van der Waals surface area contributed by atoms with Gasteiger partial charge in [0.15, 0.2) is 0 Å². The molecule has 0 aliphatic rings. The zero-order valence-electron chi connectivity index (χ0n) is 17.8. The number of carbonyl (C=O) groups excluding carboxylic acids is 1. The van der Waals surface area contributed by atoms with Crippen LogP contribution >= 0.6 is 11.6 Å². The number of hydrogen-bond donors (Lipinski definition) is 2. The van der Waals surface area contributed by atoms with Gasteiger partial charge >= 0.3 is 5.97 Å². The quantitative estimate of drug-likeness (QED) is 0.464. The van der Waals surface area contributed by atoms with Crippen LogP contribution in [0.1, 0.15) is 29.7 Å². The Balaban J connectivity index is 1.52. The lowest BCUT2D eigenvalue weighted by Gasteiger charge is -2.18. The molecule has 0 aliphatic heterocycles. The van der Waals surface area contributed by atoms with Gasteiger partial charge in [0.1, 0.15) is 0 Å². The van der Waals surface area contributed by atoms with E-state index < -0.39 is 6.10 Å². The van der Waals surface area contributed by atoms with E-state index in [0.717, 1.165) is 28.7 Å². The van der Waals surface area contributed by atoms with Crippen LogP contribution in [0.25, 0.3) is 11.1 Å². The minimum absolute atomic E-state index is 0.220. The average Bonchev–Trinajstić information content (AvgIpc) is 2.78. The number of aliphatic hydroxyl groups excluding tert-OH is 1. The Morgan fingerprint density at radius 2 is 1.61 bits per heavy atom. The summed E-state index contributed by atoms with van der Waals surface area (Å²) in [5, 5.41) is 14.4. The Kier molecular flexibility index (Phi) is 8.24. The van der Waals surface area contributed by atoms with Crippen molar-refractivity contribution >= 4 is 17.6 Å². The average molecular weight is 438 g/mol. The maximum atomic E-state index is 11.4.